The van der Waals surface area contributed by atoms with E-state index in [-0.39, 0.29) is 15.7 Å². The molecule has 2 aromatic carbocycles. The summed E-state index contributed by atoms with van der Waals surface area (Å²) in [7, 11) is -4.21. The summed E-state index contributed by atoms with van der Waals surface area (Å²) < 4.78 is 59.8. The normalized spacial score (nSPS) is 16.5. The Morgan fingerprint density at radius 3 is 2.75 bits per heavy atom. The van der Waals surface area contributed by atoms with E-state index in [1.165, 1.54) is 11.8 Å². The number of aryl methyl sites for hydroxylation is 1. The van der Waals surface area contributed by atoms with Crippen LogP contribution in [0.15, 0.2) is 55.4 Å². The lowest BCUT2D eigenvalue weighted by atomic mass is 9.88. The molecule has 1 aliphatic carbocycles. The molecule has 0 spiro atoms. The van der Waals surface area contributed by atoms with Crippen molar-refractivity contribution in [3.8, 4) is 0 Å². The van der Waals surface area contributed by atoms with E-state index in [0.29, 0.717) is 0 Å². The fourth-order valence-electron chi connectivity index (χ4n) is 4.10. The lowest BCUT2D eigenvalue weighted by Gasteiger charge is -2.24. The van der Waals surface area contributed by atoms with Gasteiger partial charge in [-0.25, -0.2) is 22.7 Å². The Morgan fingerprint density at radius 1 is 1.28 bits per heavy atom. The minimum Gasteiger partial charge on any atom is -0.612 e. The molecule has 1 aliphatic rings. The van der Waals surface area contributed by atoms with Crippen LogP contribution >= 0.6 is 0 Å². The predicted molar refractivity (Wildman–Crippen MR) is 116 cm³/mol. The number of hydrogen-bond acceptors (Lipinski definition) is 6. The summed E-state index contributed by atoms with van der Waals surface area (Å²) in [6, 6.07) is 7.99. The second-order valence-corrected chi connectivity index (χ2v) is 10.8. The predicted octanol–water partition coefficient (Wildman–Crippen LogP) is 2.55. The molecule has 0 saturated heterocycles. The SMILES string of the molecule is CC(c1cccc2c1CCC2)C(NS(=O)(=O)c1ccc(F)c([S+](C)[O-])c1)c1n[nH]c(=O)o1. The molecule has 1 heterocycles. The number of benzene rings is 2. The maximum Gasteiger partial charge on any atom is 0.434 e. The van der Waals surface area contributed by atoms with Gasteiger partial charge < -0.3 is 8.97 Å². The first-order chi connectivity index (χ1) is 15.2. The molecular weight excluding hydrogens is 457 g/mol. The van der Waals surface area contributed by atoms with E-state index in [2.05, 4.69) is 21.0 Å². The summed E-state index contributed by atoms with van der Waals surface area (Å²) in [4.78, 5) is 11.1. The van der Waals surface area contributed by atoms with Crippen molar-refractivity contribution in [1.29, 1.82) is 0 Å². The van der Waals surface area contributed by atoms with Gasteiger partial charge in [0.1, 0.15) is 12.3 Å². The summed E-state index contributed by atoms with van der Waals surface area (Å²) >= 11 is -1.71. The van der Waals surface area contributed by atoms with Gasteiger partial charge in [-0.15, -0.1) is 5.10 Å². The Kier molecular flexibility index (Phi) is 6.26. The number of aromatic nitrogens is 2. The highest BCUT2D eigenvalue weighted by molar-refractivity contribution is 7.91. The largest absolute Gasteiger partial charge is 0.612 e. The molecule has 170 valence electrons. The van der Waals surface area contributed by atoms with Gasteiger partial charge in [0.15, 0.2) is 10.7 Å². The minimum atomic E-state index is -4.21. The van der Waals surface area contributed by atoms with Crippen molar-refractivity contribution in [2.45, 2.75) is 47.9 Å². The molecule has 2 N–H and O–H groups in total. The van der Waals surface area contributed by atoms with Crippen LogP contribution in [0.5, 0.6) is 0 Å². The van der Waals surface area contributed by atoms with Crippen LogP contribution in [-0.4, -0.2) is 29.4 Å². The molecule has 32 heavy (non-hydrogen) atoms. The number of halogens is 1. The summed E-state index contributed by atoms with van der Waals surface area (Å²) in [5.74, 6) is -2.10. The quantitative estimate of drug-likeness (QED) is 0.501. The molecule has 4 rings (SSSR count). The van der Waals surface area contributed by atoms with Gasteiger partial charge in [0.2, 0.25) is 15.9 Å². The third-order valence-electron chi connectivity index (χ3n) is 5.70. The molecule has 0 radical (unpaired) electrons. The molecule has 3 unspecified atom stereocenters. The Bertz CT molecular complexity index is 1300. The standard InChI is InChI=1S/C21H22FN3O5S2/c1-12(15-7-3-5-13-6-4-8-16(13)15)19(20-23-24-21(26)30-20)25-32(28,29)14-9-10-17(22)18(11-14)31(2)27/h3,5,7,9-12,19,25H,4,6,8H2,1-2H3,(H,24,26). The summed E-state index contributed by atoms with van der Waals surface area (Å²) in [5, 5.41) is 6.02. The average molecular weight is 480 g/mol. The van der Waals surface area contributed by atoms with Gasteiger partial charge in [-0.1, -0.05) is 25.1 Å². The number of sulfonamides is 1. The average Bonchev–Trinajstić information content (AvgIpc) is 3.40. The first kappa shape index (κ1) is 22.7. The first-order valence-corrected chi connectivity index (χ1v) is 13.0. The number of hydrogen-bond donors (Lipinski definition) is 2. The number of fused-ring (bicyclic) bond motifs is 1. The number of rotatable bonds is 7. The molecule has 0 saturated carbocycles. The number of H-pyrrole nitrogens is 1. The fraction of sp³-hybridized carbons (Fsp3) is 0.333. The molecule has 0 fully saturated rings. The monoisotopic (exact) mass is 479 g/mol. The number of nitrogens with one attached hydrogen (secondary N) is 2. The van der Waals surface area contributed by atoms with E-state index < -0.39 is 44.7 Å². The highest BCUT2D eigenvalue weighted by Crippen LogP contribution is 2.37. The van der Waals surface area contributed by atoms with Crippen molar-refractivity contribution in [1.82, 2.24) is 14.9 Å². The first-order valence-electron chi connectivity index (χ1n) is 9.99. The second-order valence-electron chi connectivity index (χ2n) is 7.72. The van der Waals surface area contributed by atoms with Crippen molar-refractivity contribution in [2.24, 2.45) is 0 Å². The smallest absolute Gasteiger partial charge is 0.434 e. The summed E-state index contributed by atoms with van der Waals surface area (Å²) in [6.45, 7) is 1.83. The topological polar surface area (TPSA) is 128 Å². The lowest BCUT2D eigenvalue weighted by molar-refractivity contribution is 0.381. The molecule has 8 nitrogen and oxygen atoms in total. The summed E-state index contributed by atoms with van der Waals surface area (Å²) in [5.41, 5.74) is 3.31. The Labute approximate surface area is 187 Å². The molecule has 1 aromatic heterocycles. The molecule has 3 atom stereocenters. The van der Waals surface area contributed by atoms with Crippen LogP contribution in [0.2, 0.25) is 0 Å². The van der Waals surface area contributed by atoms with Gasteiger partial charge in [-0.2, -0.15) is 4.72 Å². The van der Waals surface area contributed by atoms with E-state index in [1.807, 2.05) is 19.1 Å². The minimum absolute atomic E-state index is 0.108. The fourth-order valence-corrected chi connectivity index (χ4v) is 6.11. The highest BCUT2D eigenvalue weighted by Gasteiger charge is 2.33. The maximum absolute atomic E-state index is 13.9. The van der Waals surface area contributed by atoms with Crippen LogP contribution in [0.4, 0.5) is 4.39 Å². The van der Waals surface area contributed by atoms with E-state index in [4.69, 9.17) is 4.42 Å². The Hall–Kier alpha value is -2.47. The highest BCUT2D eigenvalue weighted by atomic mass is 32.2. The van der Waals surface area contributed by atoms with Gasteiger partial charge in [0.25, 0.3) is 0 Å². The third-order valence-corrected chi connectivity index (χ3v) is 8.07. The van der Waals surface area contributed by atoms with Crippen molar-refractivity contribution in [3.63, 3.8) is 0 Å². The van der Waals surface area contributed by atoms with Crippen LogP contribution < -0.4 is 10.5 Å². The van der Waals surface area contributed by atoms with Crippen LogP contribution in [0.1, 0.15) is 47.9 Å². The molecule has 0 amide bonds. The maximum atomic E-state index is 13.9. The van der Waals surface area contributed by atoms with Crippen LogP contribution in [-0.2, 0) is 34.0 Å². The molecule has 11 heteroatoms. The van der Waals surface area contributed by atoms with Crippen molar-refractivity contribution >= 4 is 21.2 Å². The van der Waals surface area contributed by atoms with Crippen LogP contribution in [0, 0.1) is 5.82 Å². The van der Waals surface area contributed by atoms with Crippen molar-refractivity contribution in [3.05, 3.63) is 75.3 Å². The van der Waals surface area contributed by atoms with E-state index in [0.717, 1.165) is 48.6 Å². The van der Waals surface area contributed by atoms with Gasteiger partial charge in [-0.05, 0) is 59.3 Å². The van der Waals surface area contributed by atoms with Gasteiger partial charge >= 0.3 is 5.76 Å². The van der Waals surface area contributed by atoms with Crippen molar-refractivity contribution < 1.29 is 21.8 Å². The zero-order chi connectivity index (χ0) is 23.0. The zero-order valence-electron chi connectivity index (χ0n) is 17.4. The summed E-state index contributed by atoms with van der Waals surface area (Å²) in [6.07, 6.45) is 4.11. The Balaban J connectivity index is 1.75. The van der Waals surface area contributed by atoms with Gasteiger partial charge in [0.05, 0.1) is 4.90 Å². The zero-order valence-corrected chi connectivity index (χ0v) is 19.1. The Morgan fingerprint density at radius 2 is 2.06 bits per heavy atom. The number of aromatic amines is 1. The van der Waals surface area contributed by atoms with Gasteiger partial charge in [-0.3, -0.25) is 0 Å². The molecule has 3 aromatic rings. The van der Waals surface area contributed by atoms with Crippen LogP contribution in [0.3, 0.4) is 0 Å². The second kappa shape index (κ2) is 8.81. The molecule has 0 aliphatic heterocycles. The van der Waals surface area contributed by atoms with Crippen LogP contribution in [0.25, 0.3) is 0 Å². The molecular formula is C21H22FN3O5S2. The van der Waals surface area contributed by atoms with E-state index in [1.54, 1.807) is 0 Å². The van der Waals surface area contributed by atoms with E-state index in [9.17, 15) is 22.2 Å². The number of nitrogens with zero attached hydrogens (tertiary/aromatic N) is 1. The lowest BCUT2D eigenvalue weighted by Crippen LogP contribution is -2.32. The molecule has 0 bridgehead atoms. The third kappa shape index (κ3) is 4.38. The van der Waals surface area contributed by atoms with E-state index >= 15 is 0 Å². The van der Waals surface area contributed by atoms with Gasteiger partial charge in [0, 0.05) is 12.0 Å². The van der Waals surface area contributed by atoms with Crippen molar-refractivity contribution in [2.75, 3.05) is 6.26 Å².